The molecule has 0 aromatic heterocycles. The molecule has 3 N–H and O–H groups in total. The number of rotatable bonds is 25. The third-order valence-electron chi connectivity index (χ3n) is 2.40. The molecule has 0 aliphatic rings. The third-order valence-corrected chi connectivity index (χ3v) is 62.6. The molecule has 0 aliphatic carbocycles. The summed E-state index contributed by atoms with van der Waals surface area (Å²) in [4.78, 5) is 9.75. The van der Waals surface area contributed by atoms with Crippen molar-refractivity contribution in [1.82, 2.24) is 0 Å². The van der Waals surface area contributed by atoms with Crippen LogP contribution in [0.4, 0.5) is 0 Å². The fourth-order valence-corrected chi connectivity index (χ4v) is 60.0. The Hall–Kier alpha value is 2.72. The van der Waals surface area contributed by atoms with Crippen LogP contribution in [-0.4, -0.2) is 12.3 Å². The van der Waals surface area contributed by atoms with Gasteiger partial charge < -0.3 is 5.73 Å². The van der Waals surface area contributed by atoms with Crippen LogP contribution in [-0.2, 0) is 320 Å². The number of quaternary nitrogens is 1. The number of carbonyl (C=O) groups excluding carboxylic acids is 1. The van der Waals surface area contributed by atoms with Gasteiger partial charge in [-0.2, -0.15) is 0 Å². The molecule has 0 aliphatic heterocycles. The van der Waals surface area contributed by atoms with E-state index in [1.807, 2.05) is 0 Å². The minimum absolute atomic E-state index is 0.144. The first-order valence-corrected chi connectivity index (χ1v) is 51.1. The van der Waals surface area contributed by atoms with Crippen LogP contribution in [0.5, 0.6) is 0 Å². The Morgan fingerprint density at radius 1 is 0.379 bits per heavy atom. The first kappa shape index (κ1) is 62.8. The summed E-state index contributed by atoms with van der Waals surface area (Å²) in [5.41, 5.74) is 3.34. The van der Waals surface area contributed by atoms with E-state index in [1.54, 1.807) is 0 Å². The van der Waals surface area contributed by atoms with Crippen LogP contribution < -0.4 is 17.0 Å². The molecule has 0 spiro atoms. The number of phosphoric acid groups is 1. The van der Waals surface area contributed by atoms with Crippen molar-refractivity contribution in [3.05, 3.63) is 0 Å². The van der Waals surface area contributed by atoms with E-state index in [0.29, 0.717) is 6.54 Å². The van der Waals surface area contributed by atoms with Crippen molar-refractivity contribution in [2.24, 2.45) is 0 Å². The van der Waals surface area contributed by atoms with E-state index in [-0.39, 0.29) is 5.78 Å². The third kappa shape index (κ3) is 33.2. The van der Waals surface area contributed by atoms with Gasteiger partial charge in [-0.3, -0.25) is 4.79 Å². The molecule has 0 radical (unpaired) electrons. The van der Waals surface area contributed by atoms with E-state index < -0.39 is 209 Å². The quantitative estimate of drug-likeness (QED) is 0.0655. The number of hydrogen-bond acceptors (Lipinski definition) is 41. The Morgan fingerprint density at radius 2 is 0.517 bits per heavy atom. The minimum atomic E-state index is -8.82. The van der Waals surface area contributed by atoms with Crippen molar-refractivity contribution in [1.29, 1.82) is 0 Å². The zero-order valence-corrected chi connectivity index (χ0v) is 50.0. The van der Waals surface area contributed by atoms with Crippen LogP contribution in [0.15, 0.2) is 0 Å². The molecule has 0 saturated carbocycles. The first-order chi connectivity index (χ1) is 24.8. The predicted molar refractivity (Wildman–Crippen MR) is 55.5 cm³/mol. The van der Waals surface area contributed by atoms with E-state index in [4.69, 9.17) is 0 Å². The molecule has 0 unspecified atom stereocenters. The summed E-state index contributed by atoms with van der Waals surface area (Å²) in [5.74, 6) is 0.144. The Balaban J connectivity index is 0. The van der Waals surface area contributed by atoms with Gasteiger partial charge in [0.05, 0.1) is 0 Å². The molecule has 0 rings (SSSR count). The fourth-order valence-electron chi connectivity index (χ4n) is 1.40. The maximum absolute atomic E-state index is 12.7. The van der Waals surface area contributed by atoms with Gasteiger partial charge in [0.15, 0.2) is 5.78 Å². The molecular formula is C3H8Mo12NO41P-2. The molecule has 0 fully saturated rings. The topological polar surface area (TPSA) is 651 Å². The summed E-state index contributed by atoms with van der Waals surface area (Å²) < 4.78 is 351. The van der Waals surface area contributed by atoms with E-state index in [1.165, 1.54) is 6.92 Å². The molecule has 0 aromatic carbocycles. The van der Waals surface area contributed by atoms with Gasteiger partial charge in [0, 0.05) is 6.92 Å². The maximum atomic E-state index is 12.7. The first-order valence-electron chi connectivity index (χ1n) is 10.3. The number of ketones is 1. The summed E-state index contributed by atoms with van der Waals surface area (Å²) in [6.07, 6.45) is 0. The van der Waals surface area contributed by atoms with Crippen LogP contribution in [0.3, 0.4) is 0 Å². The van der Waals surface area contributed by atoms with Crippen LogP contribution in [0, 0.1) is 0 Å². The van der Waals surface area contributed by atoms with E-state index in [2.05, 4.69) is 33.7 Å². The second-order valence-corrected chi connectivity index (χ2v) is 56.7. The molecule has 58 heavy (non-hydrogen) atoms. The average molecular weight is 1900 g/mol. The van der Waals surface area contributed by atoms with Gasteiger partial charge in [-0.15, -0.1) is 0 Å². The van der Waals surface area contributed by atoms with E-state index in [0.717, 1.165) is 0 Å². The standard InChI is InChI=1S/C3H7NO.12Mo.H3O4P.36O/c1-3(5)2-4;;;;;;;;;;;;;1-5(2,3)4;;;;;;;;;;;;;;;;;;;;;;;;;;;;;;;;;;;;/h2,4H2,1H3;;;;;;;;;;;;;(H3,1,2,3,4);;;;;;;;;;;;;;;;;;;;;;;;;;;;;;;;;;;;/q;;;;;;;;;;3*+1;;;;;;;;;;;;;;;;;;;;;;;;;;;;;;;;;;;3*-1/p-2. The summed E-state index contributed by atoms with van der Waals surface area (Å²) in [7, 11) is -7.94. The van der Waals surface area contributed by atoms with Gasteiger partial charge in [0.25, 0.3) is 0 Å². The van der Waals surface area contributed by atoms with E-state index >= 15 is 0 Å². The number of hydrogen-bond donors (Lipinski definition) is 1. The molecule has 42 nitrogen and oxygen atoms in total. The number of carbonyl (C=O) groups is 1. The predicted octanol–water partition coefficient (Wildman–Crippen LogP) is -7.71. The van der Waals surface area contributed by atoms with Gasteiger partial charge in [-0.1, -0.05) is 0 Å². The van der Waals surface area contributed by atoms with Crippen LogP contribution in [0.1, 0.15) is 6.92 Å². The van der Waals surface area contributed by atoms with Gasteiger partial charge in [0.1, 0.15) is 6.54 Å². The van der Waals surface area contributed by atoms with Crippen LogP contribution in [0.2, 0.25) is 0 Å². The Morgan fingerprint density at radius 3 is 0.655 bits per heavy atom. The zero-order valence-electron chi connectivity index (χ0n) is 25.0. The van der Waals surface area contributed by atoms with Crippen molar-refractivity contribution in [2.45, 2.75) is 6.92 Å². The molecule has 0 amide bonds. The van der Waals surface area contributed by atoms with Crippen LogP contribution in [0.25, 0.3) is 0 Å². The second-order valence-electron chi connectivity index (χ2n) is 7.13. The van der Waals surface area contributed by atoms with E-state index in [9.17, 15) is 102 Å². The van der Waals surface area contributed by atoms with Crippen molar-refractivity contribution < 1.29 is 337 Å². The monoisotopic (exact) mass is 1920 g/mol. The molecule has 0 aromatic rings. The second kappa shape index (κ2) is 22.0. The fraction of sp³-hybridized carbons (Fsp3) is 0.667. The normalized spacial score (nSPS) is 14.9. The summed E-state index contributed by atoms with van der Waals surface area (Å²) >= 11 is -98.5. The van der Waals surface area contributed by atoms with Gasteiger partial charge >= 0.3 is 334 Å². The van der Waals surface area contributed by atoms with Crippen LogP contribution >= 0.6 is 7.82 Å². The van der Waals surface area contributed by atoms with Crippen molar-refractivity contribution in [2.75, 3.05) is 6.54 Å². The summed E-state index contributed by atoms with van der Waals surface area (Å²) in [5, 5.41) is 0. The van der Waals surface area contributed by atoms with Gasteiger partial charge in [0.2, 0.25) is 0 Å². The van der Waals surface area contributed by atoms with Gasteiger partial charge in [-0.05, 0) is 0 Å². The molecule has 0 atom stereocenters. The molecule has 0 bridgehead atoms. The van der Waals surface area contributed by atoms with Gasteiger partial charge in [-0.25, -0.2) is 0 Å². The average Bonchev–Trinajstić information content (AvgIpc) is 2.71. The SMILES string of the molecule is CC(=O)C[NH3+].O=P([O][Mo](=[O])(=[O])[O][Mo](=[O])(=[O])[O][Mo](=[O])(=[O])[O][Mo](=[O])(=[O])[O-])([O][Mo](=[O])(=[O])[O][Mo](=[O])(=[O])[O][Mo](=[O])(=[O])[O][Mo](=[O])(=[O])[O-])[O][Mo](=[O])(=[O])[O][Mo](=[O])(=[O])[O][Mo](=[O])(=[O])[O][Mo](=[O])(=[O])[O-]. The molecule has 0 heterocycles. The van der Waals surface area contributed by atoms with Crippen molar-refractivity contribution >= 4 is 13.6 Å². The Labute approximate surface area is 357 Å². The molecule has 55 heteroatoms. The van der Waals surface area contributed by atoms with Crippen molar-refractivity contribution in [3.8, 4) is 0 Å². The summed E-state index contributed by atoms with van der Waals surface area (Å²) in [6, 6.07) is 0. The Kier molecular flexibility index (Phi) is 23.8. The number of Topliss-reactive ketones (excluding diaryl/α,β-unsaturated/α-hetero) is 1. The molecular weight excluding hydrogens is 1890 g/mol. The molecule has 350 valence electrons. The molecule has 0 saturated heterocycles. The Bertz CT molecular complexity index is 2650. The van der Waals surface area contributed by atoms with Crippen molar-refractivity contribution in [3.63, 3.8) is 0 Å². The zero-order chi connectivity index (χ0) is 47.3. The summed E-state index contributed by atoms with van der Waals surface area (Å²) in [6.45, 7) is 1.94.